The van der Waals surface area contributed by atoms with Gasteiger partial charge in [0.2, 0.25) is 0 Å². The van der Waals surface area contributed by atoms with E-state index in [1.807, 2.05) is 0 Å². The lowest BCUT2D eigenvalue weighted by Crippen LogP contribution is -2.40. The van der Waals surface area contributed by atoms with Gasteiger partial charge in [0.15, 0.2) is 5.96 Å². The molecule has 1 aliphatic rings. The molecule has 23 heavy (non-hydrogen) atoms. The summed E-state index contributed by atoms with van der Waals surface area (Å²) in [5.74, 6) is 1.52. The van der Waals surface area contributed by atoms with Crippen molar-refractivity contribution in [1.82, 2.24) is 0 Å². The van der Waals surface area contributed by atoms with Gasteiger partial charge in [-0.3, -0.25) is 4.99 Å². The first-order valence-corrected chi connectivity index (χ1v) is 7.15. The molecule has 0 unspecified atom stereocenters. The van der Waals surface area contributed by atoms with Crippen LogP contribution in [0.4, 0.5) is 5.69 Å². The zero-order chi connectivity index (χ0) is 16.0. The number of rotatable bonds is 5. The van der Waals surface area contributed by atoms with Crippen molar-refractivity contribution in [3.05, 3.63) is 18.2 Å². The molecular formula is C15H24IN3O4. The molecule has 0 radical (unpaired) electrons. The molecule has 0 aromatic heterocycles. The standard InChI is InChI=1S/C15H23N3O4.HI/c1-20-11-3-4-13(21-2)12(9-11)18-14(16)17-10-15(19)5-7-22-8-6-15;/h3-4,9,19H,5-8,10H2,1-2H3,(H3,16,17,18);1H. The molecule has 4 N–H and O–H groups in total. The first kappa shape index (κ1) is 19.8. The normalized spacial score (nSPS) is 17.1. The van der Waals surface area contributed by atoms with Crippen molar-refractivity contribution in [3.8, 4) is 11.5 Å². The van der Waals surface area contributed by atoms with Crippen LogP contribution in [0, 0.1) is 0 Å². The Morgan fingerprint density at radius 2 is 2.04 bits per heavy atom. The average Bonchev–Trinajstić information content (AvgIpc) is 2.54. The van der Waals surface area contributed by atoms with Crippen LogP contribution in [0.3, 0.4) is 0 Å². The summed E-state index contributed by atoms with van der Waals surface area (Å²) >= 11 is 0. The fourth-order valence-corrected chi connectivity index (χ4v) is 2.23. The minimum absolute atomic E-state index is 0. The van der Waals surface area contributed by atoms with E-state index in [4.69, 9.17) is 19.9 Å². The lowest BCUT2D eigenvalue weighted by molar-refractivity contribution is -0.0565. The van der Waals surface area contributed by atoms with Gasteiger partial charge in [0.05, 0.1) is 32.1 Å². The van der Waals surface area contributed by atoms with E-state index >= 15 is 0 Å². The Hall–Kier alpha value is -1.26. The number of methoxy groups -OCH3 is 2. The van der Waals surface area contributed by atoms with E-state index in [0.29, 0.717) is 43.2 Å². The van der Waals surface area contributed by atoms with Crippen molar-refractivity contribution in [2.24, 2.45) is 10.7 Å². The molecule has 1 saturated heterocycles. The fourth-order valence-electron chi connectivity index (χ4n) is 2.23. The zero-order valence-corrected chi connectivity index (χ0v) is 15.7. The number of hydrogen-bond acceptors (Lipinski definition) is 5. The van der Waals surface area contributed by atoms with Crippen LogP contribution in [0.25, 0.3) is 0 Å². The molecule has 1 aromatic rings. The number of ether oxygens (including phenoxy) is 3. The molecule has 0 bridgehead atoms. The van der Waals surface area contributed by atoms with Crippen LogP contribution >= 0.6 is 24.0 Å². The zero-order valence-electron chi connectivity index (χ0n) is 13.4. The maximum absolute atomic E-state index is 10.4. The Kier molecular flexibility index (Phi) is 7.86. The Bertz CT molecular complexity index is 533. The topological polar surface area (TPSA) is 98.3 Å². The highest BCUT2D eigenvalue weighted by atomic mass is 127. The minimum Gasteiger partial charge on any atom is -0.497 e. The van der Waals surface area contributed by atoms with Crippen LogP contribution in [-0.4, -0.2) is 50.6 Å². The number of aliphatic imine (C=N–C) groups is 1. The van der Waals surface area contributed by atoms with Gasteiger partial charge in [-0.1, -0.05) is 0 Å². The second-order valence-electron chi connectivity index (χ2n) is 5.23. The lowest BCUT2D eigenvalue weighted by atomic mass is 9.95. The predicted molar refractivity (Wildman–Crippen MR) is 100 cm³/mol. The van der Waals surface area contributed by atoms with Crippen LogP contribution < -0.4 is 20.5 Å². The first-order chi connectivity index (χ1) is 10.6. The van der Waals surface area contributed by atoms with Gasteiger partial charge in [-0.15, -0.1) is 24.0 Å². The molecule has 1 aromatic carbocycles. The SMILES string of the molecule is COc1ccc(OC)c(NC(N)=NCC2(O)CCOCC2)c1.I. The van der Waals surface area contributed by atoms with Crippen molar-refractivity contribution < 1.29 is 19.3 Å². The van der Waals surface area contributed by atoms with Gasteiger partial charge in [-0.25, -0.2) is 0 Å². The van der Waals surface area contributed by atoms with E-state index in [0.717, 1.165) is 0 Å². The predicted octanol–water partition coefficient (Wildman–Crippen LogP) is 1.59. The monoisotopic (exact) mass is 437 g/mol. The van der Waals surface area contributed by atoms with Gasteiger partial charge >= 0.3 is 0 Å². The molecule has 1 aliphatic heterocycles. The summed E-state index contributed by atoms with van der Waals surface area (Å²) in [6.45, 7) is 1.33. The van der Waals surface area contributed by atoms with Gasteiger partial charge in [-0.05, 0) is 12.1 Å². The number of halogens is 1. The number of nitrogens with zero attached hydrogens (tertiary/aromatic N) is 1. The Morgan fingerprint density at radius 1 is 1.35 bits per heavy atom. The maximum atomic E-state index is 10.4. The van der Waals surface area contributed by atoms with Gasteiger partial charge in [0, 0.05) is 32.1 Å². The summed E-state index contributed by atoms with van der Waals surface area (Å²) in [5.41, 5.74) is 5.71. The van der Waals surface area contributed by atoms with Gasteiger partial charge < -0.3 is 30.4 Å². The lowest BCUT2D eigenvalue weighted by Gasteiger charge is -2.30. The highest BCUT2D eigenvalue weighted by Gasteiger charge is 2.29. The molecule has 0 atom stereocenters. The molecule has 0 aliphatic carbocycles. The second-order valence-corrected chi connectivity index (χ2v) is 5.23. The summed E-state index contributed by atoms with van der Waals surface area (Å²) in [7, 11) is 3.16. The van der Waals surface area contributed by atoms with Gasteiger partial charge in [0.1, 0.15) is 11.5 Å². The van der Waals surface area contributed by atoms with Crippen LogP contribution in [0.1, 0.15) is 12.8 Å². The first-order valence-electron chi connectivity index (χ1n) is 7.15. The molecule has 1 heterocycles. The molecule has 2 rings (SSSR count). The number of nitrogens with two attached hydrogens (primary N) is 1. The summed E-state index contributed by atoms with van der Waals surface area (Å²) in [6, 6.07) is 5.34. The fraction of sp³-hybridized carbons (Fsp3) is 0.533. The maximum Gasteiger partial charge on any atom is 0.193 e. The summed E-state index contributed by atoms with van der Waals surface area (Å²) in [4.78, 5) is 4.23. The third-order valence-electron chi connectivity index (χ3n) is 3.64. The highest BCUT2D eigenvalue weighted by Crippen LogP contribution is 2.28. The second kappa shape index (κ2) is 9.14. The number of guanidine groups is 1. The molecule has 0 spiro atoms. The summed E-state index contributed by atoms with van der Waals surface area (Å²) < 4.78 is 15.7. The van der Waals surface area contributed by atoms with E-state index < -0.39 is 5.60 Å². The summed E-state index contributed by atoms with van der Waals surface area (Å²) in [6.07, 6.45) is 1.12. The Balaban J connectivity index is 0.00000264. The van der Waals surface area contributed by atoms with E-state index in [1.54, 1.807) is 32.4 Å². The Labute approximate surface area is 153 Å². The smallest absolute Gasteiger partial charge is 0.193 e. The molecule has 7 nitrogen and oxygen atoms in total. The highest BCUT2D eigenvalue weighted by molar-refractivity contribution is 14.0. The number of hydrogen-bond donors (Lipinski definition) is 3. The van der Waals surface area contributed by atoms with Crippen molar-refractivity contribution in [1.29, 1.82) is 0 Å². The van der Waals surface area contributed by atoms with Crippen molar-refractivity contribution in [2.75, 3.05) is 39.3 Å². The largest absolute Gasteiger partial charge is 0.497 e. The van der Waals surface area contributed by atoms with E-state index in [1.165, 1.54) is 0 Å². The van der Waals surface area contributed by atoms with E-state index in [2.05, 4.69) is 10.3 Å². The van der Waals surface area contributed by atoms with E-state index in [-0.39, 0.29) is 36.5 Å². The summed E-state index contributed by atoms with van der Waals surface area (Å²) in [5, 5.41) is 13.3. The molecule has 1 fully saturated rings. The molecule has 0 saturated carbocycles. The number of anilines is 1. The molecule has 8 heteroatoms. The van der Waals surface area contributed by atoms with E-state index in [9.17, 15) is 5.11 Å². The third-order valence-corrected chi connectivity index (χ3v) is 3.64. The van der Waals surface area contributed by atoms with Crippen LogP contribution in [-0.2, 0) is 4.74 Å². The van der Waals surface area contributed by atoms with Crippen LogP contribution in [0.5, 0.6) is 11.5 Å². The van der Waals surface area contributed by atoms with Crippen molar-refractivity contribution in [2.45, 2.75) is 18.4 Å². The quantitative estimate of drug-likeness (QED) is 0.368. The third kappa shape index (κ3) is 5.70. The number of aliphatic hydroxyl groups is 1. The minimum atomic E-state index is -0.844. The van der Waals surface area contributed by atoms with Gasteiger partial charge in [0.25, 0.3) is 0 Å². The van der Waals surface area contributed by atoms with Gasteiger partial charge in [-0.2, -0.15) is 0 Å². The van der Waals surface area contributed by atoms with Crippen LogP contribution in [0.15, 0.2) is 23.2 Å². The molecule has 0 amide bonds. The number of nitrogens with one attached hydrogen (secondary N) is 1. The molecule has 130 valence electrons. The average molecular weight is 437 g/mol. The molecular weight excluding hydrogens is 413 g/mol. The van der Waals surface area contributed by atoms with Crippen molar-refractivity contribution in [3.63, 3.8) is 0 Å². The number of benzene rings is 1. The van der Waals surface area contributed by atoms with Crippen LogP contribution in [0.2, 0.25) is 0 Å². The Morgan fingerprint density at radius 3 is 2.65 bits per heavy atom. The van der Waals surface area contributed by atoms with Crippen molar-refractivity contribution >= 4 is 35.6 Å².